The van der Waals surface area contributed by atoms with Crippen LogP contribution in [0.25, 0.3) is 0 Å². The first-order chi connectivity index (χ1) is 10.1. The number of carbonyl (C=O) groups excluding carboxylic acids is 1. The highest BCUT2D eigenvalue weighted by Crippen LogP contribution is 2.13. The van der Waals surface area contributed by atoms with Crippen molar-refractivity contribution in [2.24, 2.45) is 7.05 Å². The Hall–Kier alpha value is -2.30. The second-order valence-electron chi connectivity index (χ2n) is 5.17. The number of carbonyl (C=O) groups is 1. The summed E-state index contributed by atoms with van der Waals surface area (Å²) in [6.07, 6.45) is 3.45. The van der Waals surface area contributed by atoms with Crippen LogP contribution in [0.15, 0.2) is 30.3 Å². The maximum atomic E-state index is 11.9. The maximum absolute atomic E-state index is 11.9. The van der Waals surface area contributed by atoms with Crippen molar-refractivity contribution in [2.75, 3.05) is 10.6 Å². The van der Waals surface area contributed by atoms with Crippen LogP contribution < -0.4 is 10.6 Å². The van der Waals surface area contributed by atoms with Gasteiger partial charge in [0.25, 0.3) is 0 Å². The molecule has 2 aromatic rings. The van der Waals surface area contributed by atoms with Gasteiger partial charge in [-0.15, -0.1) is 0 Å². The fraction of sp³-hybridized carbons (Fsp3) is 0.375. The molecule has 0 aliphatic carbocycles. The molecule has 5 heteroatoms. The lowest BCUT2D eigenvalue weighted by molar-refractivity contribution is 0.262. The van der Waals surface area contributed by atoms with Crippen LogP contribution >= 0.6 is 0 Å². The van der Waals surface area contributed by atoms with Crippen molar-refractivity contribution < 1.29 is 4.79 Å². The first-order valence-corrected chi connectivity index (χ1v) is 7.26. The van der Waals surface area contributed by atoms with Gasteiger partial charge in [0.2, 0.25) is 0 Å². The van der Waals surface area contributed by atoms with E-state index in [0.717, 1.165) is 17.8 Å². The topological polar surface area (TPSA) is 59.0 Å². The maximum Gasteiger partial charge on any atom is 0.324 e. The number of aromatic nitrogens is 2. The minimum absolute atomic E-state index is 0.283. The van der Waals surface area contributed by atoms with E-state index in [4.69, 9.17) is 0 Å². The van der Waals surface area contributed by atoms with Gasteiger partial charge in [-0.25, -0.2) is 4.79 Å². The number of hydrogen-bond donors (Lipinski definition) is 2. The highest BCUT2D eigenvalue weighted by molar-refractivity contribution is 5.99. The van der Waals surface area contributed by atoms with Crippen molar-refractivity contribution in [3.05, 3.63) is 41.6 Å². The summed E-state index contributed by atoms with van der Waals surface area (Å²) in [5.74, 6) is 0.548. The Bertz CT molecular complexity index is 582. The van der Waals surface area contributed by atoms with Gasteiger partial charge < -0.3 is 5.32 Å². The van der Waals surface area contributed by atoms with Crippen molar-refractivity contribution in [2.45, 2.75) is 33.1 Å². The number of hydrogen-bond acceptors (Lipinski definition) is 2. The monoisotopic (exact) mass is 286 g/mol. The van der Waals surface area contributed by atoms with Crippen LogP contribution in [0.2, 0.25) is 0 Å². The average Bonchev–Trinajstić information content (AvgIpc) is 2.76. The van der Waals surface area contributed by atoms with Gasteiger partial charge in [-0.3, -0.25) is 10.00 Å². The van der Waals surface area contributed by atoms with E-state index in [0.29, 0.717) is 5.82 Å². The largest absolute Gasteiger partial charge is 0.324 e. The van der Waals surface area contributed by atoms with E-state index in [9.17, 15) is 4.79 Å². The molecule has 0 unspecified atom stereocenters. The fourth-order valence-corrected chi connectivity index (χ4v) is 2.04. The molecule has 2 N–H and O–H groups in total. The van der Waals surface area contributed by atoms with Crippen LogP contribution in [0.3, 0.4) is 0 Å². The molecule has 5 nitrogen and oxygen atoms in total. The van der Waals surface area contributed by atoms with E-state index < -0.39 is 0 Å². The van der Waals surface area contributed by atoms with E-state index in [2.05, 4.69) is 34.8 Å². The summed E-state index contributed by atoms with van der Waals surface area (Å²) in [6.45, 7) is 4.12. The molecular formula is C16H22N4O. The van der Waals surface area contributed by atoms with Gasteiger partial charge in [0, 0.05) is 24.5 Å². The second-order valence-corrected chi connectivity index (χ2v) is 5.17. The number of nitrogens with one attached hydrogen (secondary N) is 2. The number of amides is 2. The van der Waals surface area contributed by atoms with Crippen molar-refractivity contribution in [3.8, 4) is 0 Å². The molecule has 2 amide bonds. The molecule has 0 aliphatic heterocycles. The molecule has 0 saturated heterocycles. The lowest BCUT2D eigenvalue weighted by atomic mass is 10.1. The lowest BCUT2D eigenvalue weighted by Crippen LogP contribution is -2.19. The predicted octanol–water partition coefficient (Wildman–Crippen LogP) is 3.72. The Morgan fingerprint density at radius 1 is 1.24 bits per heavy atom. The van der Waals surface area contributed by atoms with Crippen LogP contribution in [0, 0.1) is 6.92 Å². The molecule has 21 heavy (non-hydrogen) atoms. The van der Waals surface area contributed by atoms with Crippen molar-refractivity contribution in [3.63, 3.8) is 0 Å². The number of unbranched alkanes of at least 4 members (excludes halogenated alkanes) is 1. The molecule has 0 atom stereocenters. The molecule has 112 valence electrons. The number of benzene rings is 1. The molecular weight excluding hydrogens is 264 g/mol. The minimum atomic E-state index is -0.283. The summed E-state index contributed by atoms with van der Waals surface area (Å²) in [4.78, 5) is 11.9. The number of anilines is 2. The van der Waals surface area contributed by atoms with E-state index >= 15 is 0 Å². The number of aryl methyl sites for hydroxylation is 3. The third-order valence-electron chi connectivity index (χ3n) is 3.39. The highest BCUT2D eigenvalue weighted by atomic mass is 16.2. The summed E-state index contributed by atoms with van der Waals surface area (Å²) < 4.78 is 1.72. The standard InChI is InChI=1S/C16H22N4O/c1-4-5-6-13-7-9-14(10-8-13)17-16(21)18-15-11-12(2)20(3)19-15/h7-11H,4-6H2,1-3H3,(H2,17,18,19,21). The van der Waals surface area contributed by atoms with Crippen LogP contribution in [-0.4, -0.2) is 15.8 Å². The summed E-state index contributed by atoms with van der Waals surface area (Å²) in [6, 6.07) is 9.50. The van der Waals surface area contributed by atoms with Crippen LogP contribution in [-0.2, 0) is 13.5 Å². The Balaban J connectivity index is 1.90. The van der Waals surface area contributed by atoms with Crippen molar-refractivity contribution in [1.29, 1.82) is 0 Å². The lowest BCUT2D eigenvalue weighted by Gasteiger charge is -2.06. The molecule has 2 rings (SSSR count). The predicted molar refractivity (Wildman–Crippen MR) is 85.6 cm³/mol. The number of nitrogens with zero attached hydrogens (tertiary/aromatic N) is 2. The third kappa shape index (κ3) is 4.34. The zero-order valence-corrected chi connectivity index (χ0v) is 12.8. The van der Waals surface area contributed by atoms with Gasteiger partial charge in [-0.2, -0.15) is 5.10 Å². The third-order valence-corrected chi connectivity index (χ3v) is 3.39. The average molecular weight is 286 g/mol. The van der Waals surface area contributed by atoms with E-state index in [-0.39, 0.29) is 6.03 Å². The summed E-state index contributed by atoms with van der Waals surface area (Å²) in [5, 5.41) is 9.71. The fourth-order valence-electron chi connectivity index (χ4n) is 2.04. The van der Waals surface area contributed by atoms with E-state index in [1.165, 1.54) is 18.4 Å². The molecule has 1 heterocycles. The molecule has 0 fully saturated rings. The van der Waals surface area contributed by atoms with Gasteiger partial charge in [0.05, 0.1) is 0 Å². The summed E-state index contributed by atoms with van der Waals surface area (Å²) in [7, 11) is 1.84. The molecule has 1 aromatic carbocycles. The Morgan fingerprint density at radius 2 is 1.95 bits per heavy atom. The molecule has 0 saturated carbocycles. The summed E-state index contributed by atoms with van der Waals surface area (Å²) >= 11 is 0. The summed E-state index contributed by atoms with van der Waals surface area (Å²) in [5.41, 5.74) is 3.06. The normalized spacial score (nSPS) is 10.4. The van der Waals surface area contributed by atoms with Crippen LogP contribution in [0.4, 0.5) is 16.3 Å². The molecule has 0 aliphatic rings. The van der Waals surface area contributed by atoms with Gasteiger partial charge in [0.1, 0.15) is 0 Å². The van der Waals surface area contributed by atoms with Crippen molar-refractivity contribution in [1.82, 2.24) is 9.78 Å². The van der Waals surface area contributed by atoms with Gasteiger partial charge in [-0.05, 0) is 37.5 Å². The zero-order chi connectivity index (χ0) is 15.2. The van der Waals surface area contributed by atoms with Gasteiger partial charge in [-0.1, -0.05) is 25.5 Å². The van der Waals surface area contributed by atoms with E-state index in [1.54, 1.807) is 4.68 Å². The second kappa shape index (κ2) is 6.92. The zero-order valence-electron chi connectivity index (χ0n) is 12.8. The van der Waals surface area contributed by atoms with Crippen molar-refractivity contribution >= 4 is 17.5 Å². The Labute approximate surface area is 125 Å². The molecule has 0 spiro atoms. The first-order valence-electron chi connectivity index (χ1n) is 7.26. The molecule has 1 aromatic heterocycles. The molecule has 0 bridgehead atoms. The SMILES string of the molecule is CCCCc1ccc(NC(=O)Nc2cc(C)n(C)n2)cc1. The van der Waals surface area contributed by atoms with Gasteiger partial charge in [0.15, 0.2) is 5.82 Å². The first kappa shape index (κ1) is 15.1. The quantitative estimate of drug-likeness (QED) is 0.880. The minimum Gasteiger partial charge on any atom is -0.308 e. The smallest absolute Gasteiger partial charge is 0.308 e. The van der Waals surface area contributed by atoms with E-state index in [1.807, 2.05) is 32.2 Å². The van der Waals surface area contributed by atoms with Gasteiger partial charge >= 0.3 is 6.03 Å². The number of urea groups is 1. The molecule has 0 radical (unpaired) electrons. The number of rotatable bonds is 5. The Kier molecular flexibility index (Phi) is 4.98. The highest BCUT2D eigenvalue weighted by Gasteiger charge is 2.06. The Morgan fingerprint density at radius 3 is 2.52 bits per heavy atom. The van der Waals surface area contributed by atoms with Crippen LogP contribution in [0.5, 0.6) is 0 Å². The van der Waals surface area contributed by atoms with Crippen LogP contribution in [0.1, 0.15) is 31.0 Å².